The highest BCUT2D eigenvalue weighted by atomic mass is 127. The zero-order valence-corrected chi connectivity index (χ0v) is 16.3. The van der Waals surface area contributed by atoms with Crippen molar-refractivity contribution in [3.63, 3.8) is 0 Å². The monoisotopic (exact) mass is 461 g/mol. The average Bonchev–Trinajstić information content (AvgIpc) is 3.05. The van der Waals surface area contributed by atoms with E-state index in [0.29, 0.717) is 31.0 Å². The Balaban J connectivity index is 0.00000312. The first-order chi connectivity index (χ1) is 11.6. The van der Waals surface area contributed by atoms with Gasteiger partial charge >= 0.3 is 0 Å². The molecule has 0 fully saturated rings. The van der Waals surface area contributed by atoms with Crippen molar-refractivity contribution < 1.29 is 13.2 Å². The summed E-state index contributed by atoms with van der Waals surface area (Å²) in [5.74, 6) is 0.186. The lowest BCUT2D eigenvalue weighted by atomic mass is 10.1. The maximum Gasteiger partial charge on any atom is 0.192 e. The van der Waals surface area contributed by atoms with Crippen LogP contribution in [0.25, 0.3) is 0 Å². The number of hydrogen-bond acceptors (Lipinski definition) is 2. The Morgan fingerprint density at radius 1 is 1.36 bits per heavy atom. The summed E-state index contributed by atoms with van der Waals surface area (Å²) in [6.45, 7) is 6.47. The highest BCUT2D eigenvalue weighted by molar-refractivity contribution is 14.0. The first kappa shape index (κ1) is 21.1. The minimum atomic E-state index is -0.597. The first-order valence-electron chi connectivity index (χ1n) is 7.73. The van der Waals surface area contributed by atoms with Crippen molar-refractivity contribution in [1.29, 1.82) is 0 Å². The van der Waals surface area contributed by atoms with Crippen LogP contribution >= 0.6 is 24.0 Å². The van der Waals surface area contributed by atoms with Crippen molar-refractivity contribution in [2.45, 2.75) is 19.4 Å². The molecule has 0 aliphatic carbocycles. The molecule has 1 unspecified atom stereocenters. The van der Waals surface area contributed by atoms with E-state index in [1.165, 1.54) is 12.1 Å². The molecule has 4 nitrogen and oxygen atoms in total. The Morgan fingerprint density at radius 3 is 2.80 bits per heavy atom. The molecule has 1 heterocycles. The molecule has 2 aromatic rings. The lowest BCUT2D eigenvalue weighted by molar-refractivity contribution is 0.510. The molecule has 0 spiro atoms. The number of hydrogen-bond donors (Lipinski definition) is 2. The number of furan rings is 1. The first-order valence-corrected chi connectivity index (χ1v) is 7.73. The number of nitrogens with zero attached hydrogens (tertiary/aromatic N) is 1. The molecule has 2 N–H and O–H groups in total. The molecule has 0 saturated carbocycles. The summed E-state index contributed by atoms with van der Waals surface area (Å²) in [6, 6.07) is 6.88. The Bertz CT molecular complexity index is 690. The molecule has 136 valence electrons. The van der Waals surface area contributed by atoms with Gasteiger partial charge in [-0.15, -0.1) is 30.6 Å². The molecular formula is C18H22F2IN3O. The van der Waals surface area contributed by atoms with Crippen LogP contribution < -0.4 is 10.6 Å². The number of aliphatic imine (C=N–C) groups is 1. The smallest absolute Gasteiger partial charge is 0.192 e. The van der Waals surface area contributed by atoms with Crippen molar-refractivity contribution in [2.24, 2.45) is 4.99 Å². The van der Waals surface area contributed by atoms with Crippen molar-refractivity contribution in [2.75, 3.05) is 13.1 Å². The molecular weight excluding hydrogens is 439 g/mol. The summed E-state index contributed by atoms with van der Waals surface area (Å²) in [7, 11) is 0. The Morgan fingerprint density at radius 2 is 2.16 bits per heavy atom. The Hall–Kier alpha value is -1.90. The van der Waals surface area contributed by atoms with Crippen molar-refractivity contribution in [3.05, 3.63) is 72.2 Å². The van der Waals surface area contributed by atoms with Crippen LogP contribution in [0.3, 0.4) is 0 Å². The predicted octanol–water partition coefficient (Wildman–Crippen LogP) is 4.20. The molecule has 0 radical (unpaired) electrons. The summed E-state index contributed by atoms with van der Waals surface area (Å²) < 4.78 is 32.2. The van der Waals surface area contributed by atoms with Crippen molar-refractivity contribution in [3.8, 4) is 0 Å². The molecule has 0 amide bonds. The topological polar surface area (TPSA) is 49.6 Å². The third kappa shape index (κ3) is 6.85. The Labute approximate surface area is 163 Å². The van der Waals surface area contributed by atoms with Crippen molar-refractivity contribution >= 4 is 29.9 Å². The van der Waals surface area contributed by atoms with Crippen molar-refractivity contribution in [1.82, 2.24) is 10.6 Å². The second-order valence-electron chi connectivity index (χ2n) is 5.26. The van der Waals surface area contributed by atoms with Crippen LogP contribution in [0.15, 0.2) is 58.7 Å². The second-order valence-corrected chi connectivity index (χ2v) is 5.26. The van der Waals surface area contributed by atoms with Gasteiger partial charge in [0.2, 0.25) is 0 Å². The summed E-state index contributed by atoms with van der Waals surface area (Å²) in [5.41, 5.74) is 0.371. The highest BCUT2D eigenvalue weighted by Gasteiger charge is 2.13. The second kappa shape index (κ2) is 10.9. The summed E-state index contributed by atoms with van der Waals surface area (Å²) in [6.07, 6.45) is 3.98. The van der Waals surface area contributed by atoms with Crippen LogP contribution in [-0.2, 0) is 6.42 Å². The summed E-state index contributed by atoms with van der Waals surface area (Å²) in [4.78, 5) is 4.44. The molecule has 25 heavy (non-hydrogen) atoms. The van der Waals surface area contributed by atoms with E-state index in [1.54, 1.807) is 19.3 Å². The van der Waals surface area contributed by atoms with E-state index in [1.807, 2.05) is 12.1 Å². The van der Waals surface area contributed by atoms with Gasteiger partial charge in [0, 0.05) is 31.1 Å². The van der Waals surface area contributed by atoms with Gasteiger partial charge in [0.1, 0.15) is 17.4 Å². The maximum absolute atomic E-state index is 13.9. The van der Waals surface area contributed by atoms with Gasteiger partial charge in [0.15, 0.2) is 5.96 Å². The number of benzene rings is 1. The van der Waals surface area contributed by atoms with E-state index in [9.17, 15) is 8.78 Å². The van der Waals surface area contributed by atoms with Crippen LogP contribution in [0.4, 0.5) is 8.78 Å². The minimum absolute atomic E-state index is 0. The number of nitrogens with one attached hydrogen (secondary N) is 2. The van der Waals surface area contributed by atoms with E-state index in [0.717, 1.165) is 11.8 Å². The summed E-state index contributed by atoms with van der Waals surface area (Å²) in [5, 5.41) is 6.18. The number of halogens is 3. The van der Waals surface area contributed by atoms with Gasteiger partial charge < -0.3 is 15.1 Å². The largest absolute Gasteiger partial charge is 0.469 e. The van der Waals surface area contributed by atoms with E-state index in [2.05, 4.69) is 22.2 Å². The number of rotatable bonds is 7. The van der Waals surface area contributed by atoms with Gasteiger partial charge in [-0.1, -0.05) is 12.1 Å². The minimum Gasteiger partial charge on any atom is -0.469 e. The van der Waals surface area contributed by atoms with Gasteiger partial charge in [0.05, 0.1) is 12.3 Å². The molecule has 1 aromatic heterocycles. The van der Waals surface area contributed by atoms with Gasteiger partial charge in [-0.3, -0.25) is 4.99 Å². The quantitative estimate of drug-likeness (QED) is 0.281. The molecule has 2 rings (SSSR count). The molecule has 1 aromatic carbocycles. The van der Waals surface area contributed by atoms with Crippen LogP contribution in [-0.4, -0.2) is 19.0 Å². The lowest BCUT2D eigenvalue weighted by Gasteiger charge is -2.18. The molecule has 0 saturated heterocycles. The fourth-order valence-corrected chi connectivity index (χ4v) is 2.19. The van der Waals surface area contributed by atoms with Gasteiger partial charge in [-0.25, -0.2) is 8.78 Å². The zero-order chi connectivity index (χ0) is 17.4. The molecule has 7 heteroatoms. The SMILES string of the molecule is C=CCNC(=NCCc1ccco1)NC(C)c1ccc(F)cc1F.I. The maximum atomic E-state index is 13.9. The molecule has 0 aliphatic rings. The standard InChI is InChI=1S/C18H21F2N3O.HI/c1-3-9-21-18(22-10-8-15-5-4-11-24-15)23-13(2)16-7-6-14(19)12-17(16)20;/h3-7,11-13H,1,8-10H2,2H3,(H2,21,22,23);1H. The molecule has 0 bridgehead atoms. The van der Waals surface area contributed by atoms with Crippen LogP contribution in [0.1, 0.15) is 24.3 Å². The fourth-order valence-electron chi connectivity index (χ4n) is 2.19. The predicted molar refractivity (Wildman–Crippen MR) is 106 cm³/mol. The third-order valence-electron chi connectivity index (χ3n) is 3.40. The van der Waals surface area contributed by atoms with Gasteiger partial charge in [-0.05, 0) is 25.1 Å². The summed E-state index contributed by atoms with van der Waals surface area (Å²) >= 11 is 0. The van der Waals surface area contributed by atoms with Crippen LogP contribution in [0.5, 0.6) is 0 Å². The van der Waals surface area contributed by atoms with E-state index >= 15 is 0 Å². The van der Waals surface area contributed by atoms with Gasteiger partial charge in [-0.2, -0.15) is 0 Å². The molecule has 0 aliphatic heterocycles. The highest BCUT2D eigenvalue weighted by Crippen LogP contribution is 2.17. The van der Waals surface area contributed by atoms with Crippen LogP contribution in [0.2, 0.25) is 0 Å². The van der Waals surface area contributed by atoms with Gasteiger partial charge in [0.25, 0.3) is 0 Å². The van der Waals surface area contributed by atoms with E-state index < -0.39 is 11.6 Å². The third-order valence-corrected chi connectivity index (χ3v) is 3.40. The fraction of sp³-hybridized carbons (Fsp3) is 0.278. The molecule has 1 atom stereocenters. The van der Waals surface area contributed by atoms with E-state index in [4.69, 9.17) is 4.42 Å². The van der Waals surface area contributed by atoms with Crippen LogP contribution in [0, 0.1) is 11.6 Å². The lowest BCUT2D eigenvalue weighted by Crippen LogP contribution is -2.39. The average molecular weight is 461 g/mol. The zero-order valence-electron chi connectivity index (χ0n) is 14.0. The number of guanidine groups is 1. The Kier molecular flexibility index (Phi) is 9.18. The normalized spacial score (nSPS) is 12.2. The van der Waals surface area contributed by atoms with E-state index in [-0.39, 0.29) is 30.0 Å².